The first-order chi connectivity index (χ1) is 13.0. The molecule has 0 fully saturated rings. The molecule has 0 aliphatic carbocycles. The summed E-state index contributed by atoms with van der Waals surface area (Å²) in [6.45, 7) is 4.42. The van der Waals surface area contributed by atoms with Crippen molar-refractivity contribution in [2.45, 2.75) is 20.3 Å². The Labute approximate surface area is 157 Å². The fourth-order valence-electron chi connectivity index (χ4n) is 2.05. The number of carbonyl (C=O) groups excluding carboxylic acids is 2. The van der Waals surface area contributed by atoms with Crippen LogP contribution in [0.5, 0.6) is 11.5 Å². The molecule has 0 spiro atoms. The van der Waals surface area contributed by atoms with Crippen LogP contribution >= 0.6 is 0 Å². The van der Waals surface area contributed by atoms with Crippen LogP contribution in [0.4, 0.5) is 4.39 Å². The molecule has 2 aromatic rings. The van der Waals surface area contributed by atoms with Crippen LogP contribution in [0.1, 0.15) is 30.6 Å². The summed E-state index contributed by atoms with van der Waals surface area (Å²) < 4.78 is 24.0. The topological polar surface area (TPSA) is 76.7 Å². The molecule has 0 bridgehead atoms. The minimum atomic E-state index is -0.611. The maximum absolute atomic E-state index is 13.4. The largest absolute Gasteiger partial charge is 0.494 e. The lowest BCUT2D eigenvalue weighted by Gasteiger charge is -2.10. The highest BCUT2D eigenvalue weighted by Crippen LogP contribution is 2.15. The van der Waals surface area contributed by atoms with Crippen molar-refractivity contribution in [3.63, 3.8) is 0 Å². The van der Waals surface area contributed by atoms with Crippen molar-refractivity contribution < 1.29 is 23.5 Å². The van der Waals surface area contributed by atoms with Gasteiger partial charge in [0.05, 0.1) is 6.61 Å². The normalized spacial score (nSPS) is 10.4. The molecule has 2 aromatic carbocycles. The molecule has 6 nitrogen and oxygen atoms in total. The molecular formula is C20H23FN2O4. The quantitative estimate of drug-likeness (QED) is 0.696. The molecule has 7 heteroatoms. The Morgan fingerprint density at radius 1 is 1.00 bits per heavy atom. The molecule has 0 unspecified atom stereocenters. The van der Waals surface area contributed by atoms with Crippen LogP contribution in [0, 0.1) is 11.7 Å². The first-order valence-electron chi connectivity index (χ1n) is 8.65. The molecule has 0 heterocycles. The van der Waals surface area contributed by atoms with E-state index in [1.54, 1.807) is 30.3 Å². The third kappa shape index (κ3) is 6.97. The highest BCUT2D eigenvalue weighted by atomic mass is 19.1. The summed E-state index contributed by atoms with van der Waals surface area (Å²) in [5.41, 5.74) is 4.85. The van der Waals surface area contributed by atoms with Crippen molar-refractivity contribution in [1.82, 2.24) is 10.9 Å². The van der Waals surface area contributed by atoms with E-state index in [2.05, 4.69) is 24.7 Å². The number of ether oxygens (including phenoxy) is 2. The predicted molar refractivity (Wildman–Crippen MR) is 98.9 cm³/mol. The Balaban J connectivity index is 1.74. The van der Waals surface area contributed by atoms with Crippen LogP contribution in [0.2, 0.25) is 0 Å². The number of amides is 2. The van der Waals surface area contributed by atoms with Gasteiger partial charge in [0, 0.05) is 5.56 Å². The summed E-state index contributed by atoms with van der Waals surface area (Å²) in [6, 6.07) is 12.3. The number of hydrogen-bond donors (Lipinski definition) is 2. The van der Waals surface area contributed by atoms with E-state index in [4.69, 9.17) is 9.47 Å². The van der Waals surface area contributed by atoms with E-state index < -0.39 is 24.2 Å². The van der Waals surface area contributed by atoms with Gasteiger partial charge in [0.25, 0.3) is 11.8 Å². The van der Waals surface area contributed by atoms with Crippen molar-refractivity contribution in [1.29, 1.82) is 0 Å². The highest BCUT2D eigenvalue weighted by molar-refractivity contribution is 5.95. The molecule has 144 valence electrons. The van der Waals surface area contributed by atoms with Gasteiger partial charge in [-0.2, -0.15) is 0 Å². The molecule has 0 atom stereocenters. The van der Waals surface area contributed by atoms with Crippen molar-refractivity contribution in [3.05, 3.63) is 59.9 Å². The smallest absolute Gasteiger partial charge is 0.276 e. The van der Waals surface area contributed by atoms with Crippen LogP contribution in [0.15, 0.2) is 48.5 Å². The van der Waals surface area contributed by atoms with E-state index in [0.717, 1.165) is 6.42 Å². The highest BCUT2D eigenvalue weighted by Gasteiger charge is 2.09. The average Bonchev–Trinajstić information content (AvgIpc) is 2.65. The van der Waals surface area contributed by atoms with Crippen LogP contribution in [0.3, 0.4) is 0 Å². The number of hydrogen-bond acceptors (Lipinski definition) is 4. The Kier molecular flexibility index (Phi) is 7.61. The molecule has 0 saturated carbocycles. The molecule has 2 N–H and O–H groups in total. The molecule has 0 aliphatic rings. The van der Waals surface area contributed by atoms with E-state index >= 15 is 0 Å². The van der Waals surface area contributed by atoms with Crippen LogP contribution in [0.25, 0.3) is 0 Å². The average molecular weight is 374 g/mol. The summed E-state index contributed by atoms with van der Waals surface area (Å²) in [6.07, 6.45) is 0.948. The standard InChI is InChI=1S/C20H23FN2O4/c1-14(2)11-12-26-16-9-7-15(8-10-16)20(25)23-22-19(24)13-27-18-6-4-3-5-17(18)21/h3-10,14H,11-13H2,1-2H3,(H,22,24)(H,23,25). The van der Waals surface area contributed by atoms with Gasteiger partial charge in [0.1, 0.15) is 5.75 Å². The Hall–Kier alpha value is -3.09. The first kappa shape index (κ1) is 20.2. The summed E-state index contributed by atoms with van der Waals surface area (Å²) in [7, 11) is 0. The van der Waals surface area contributed by atoms with Crippen LogP contribution in [-0.4, -0.2) is 25.0 Å². The lowest BCUT2D eigenvalue weighted by molar-refractivity contribution is -0.123. The first-order valence-corrected chi connectivity index (χ1v) is 8.65. The van der Waals surface area contributed by atoms with Gasteiger partial charge >= 0.3 is 0 Å². The van der Waals surface area contributed by atoms with E-state index in [0.29, 0.717) is 23.8 Å². The SMILES string of the molecule is CC(C)CCOc1ccc(C(=O)NNC(=O)COc2ccccc2F)cc1. The van der Waals surface area contributed by atoms with Crippen molar-refractivity contribution in [3.8, 4) is 11.5 Å². The zero-order valence-corrected chi connectivity index (χ0v) is 15.3. The number of para-hydroxylation sites is 1. The fraction of sp³-hybridized carbons (Fsp3) is 0.300. The number of hydrazine groups is 1. The number of halogens is 1. The van der Waals surface area contributed by atoms with E-state index in [1.807, 2.05) is 0 Å². The maximum atomic E-state index is 13.4. The van der Waals surface area contributed by atoms with Gasteiger partial charge in [-0.3, -0.25) is 20.4 Å². The molecular weight excluding hydrogens is 351 g/mol. The second kappa shape index (κ2) is 10.2. The summed E-state index contributed by atoms with van der Waals surface area (Å²) in [5, 5.41) is 0. The van der Waals surface area contributed by atoms with Gasteiger partial charge in [-0.05, 0) is 48.7 Å². The lowest BCUT2D eigenvalue weighted by atomic mass is 10.1. The molecule has 0 aromatic heterocycles. The summed E-state index contributed by atoms with van der Waals surface area (Å²) in [5.74, 6) is -0.462. The summed E-state index contributed by atoms with van der Waals surface area (Å²) >= 11 is 0. The molecule has 0 radical (unpaired) electrons. The van der Waals surface area contributed by atoms with Gasteiger partial charge in [-0.1, -0.05) is 26.0 Å². The number of rotatable bonds is 8. The molecule has 2 amide bonds. The number of carbonyl (C=O) groups is 2. The second-order valence-electron chi connectivity index (χ2n) is 6.28. The monoisotopic (exact) mass is 374 g/mol. The van der Waals surface area contributed by atoms with Crippen molar-refractivity contribution >= 4 is 11.8 Å². The molecule has 2 rings (SSSR count). The van der Waals surface area contributed by atoms with Gasteiger partial charge in [0.2, 0.25) is 0 Å². The third-order valence-corrected chi connectivity index (χ3v) is 3.59. The van der Waals surface area contributed by atoms with Gasteiger partial charge in [-0.25, -0.2) is 4.39 Å². The molecule has 0 aliphatic heterocycles. The Morgan fingerprint density at radius 2 is 1.70 bits per heavy atom. The summed E-state index contributed by atoms with van der Waals surface area (Å²) in [4.78, 5) is 23.7. The van der Waals surface area contributed by atoms with Gasteiger partial charge in [0.15, 0.2) is 18.2 Å². The number of nitrogens with one attached hydrogen (secondary N) is 2. The van der Waals surface area contributed by atoms with Crippen LogP contribution < -0.4 is 20.3 Å². The van der Waals surface area contributed by atoms with E-state index in [-0.39, 0.29) is 5.75 Å². The van der Waals surface area contributed by atoms with Crippen molar-refractivity contribution in [2.24, 2.45) is 5.92 Å². The molecule has 27 heavy (non-hydrogen) atoms. The fourth-order valence-corrected chi connectivity index (χ4v) is 2.05. The van der Waals surface area contributed by atoms with Crippen LogP contribution in [-0.2, 0) is 4.79 Å². The molecule has 0 saturated heterocycles. The third-order valence-electron chi connectivity index (χ3n) is 3.59. The van der Waals surface area contributed by atoms with Gasteiger partial charge < -0.3 is 9.47 Å². The lowest BCUT2D eigenvalue weighted by Crippen LogP contribution is -2.43. The minimum absolute atomic E-state index is 0.0352. The Bertz CT molecular complexity index is 763. The van der Waals surface area contributed by atoms with Gasteiger partial charge in [-0.15, -0.1) is 0 Å². The number of benzene rings is 2. The van der Waals surface area contributed by atoms with E-state index in [9.17, 15) is 14.0 Å². The zero-order chi connectivity index (χ0) is 19.6. The second-order valence-corrected chi connectivity index (χ2v) is 6.28. The maximum Gasteiger partial charge on any atom is 0.276 e. The zero-order valence-electron chi connectivity index (χ0n) is 15.3. The van der Waals surface area contributed by atoms with E-state index in [1.165, 1.54) is 18.2 Å². The Morgan fingerprint density at radius 3 is 2.37 bits per heavy atom. The predicted octanol–water partition coefficient (Wildman–Crippen LogP) is 3.09. The van der Waals surface area contributed by atoms with Crippen molar-refractivity contribution in [2.75, 3.05) is 13.2 Å². The minimum Gasteiger partial charge on any atom is -0.494 e.